The van der Waals surface area contributed by atoms with E-state index in [0.717, 1.165) is 32.4 Å². The minimum absolute atomic E-state index is 0.160. The second-order valence-electron chi connectivity index (χ2n) is 5.54. The summed E-state index contributed by atoms with van der Waals surface area (Å²) >= 11 is 0. The second-order valence-corrected chi connectivity index (χ2v) is 5.54. The number of nitrogens with zero attached hydrogens (tertiary/aromatic N) is 1. The summed E-state index contributed by atoms with van der Waals surface area (Å²) in [6.45, 7) is 8.65. The van der Waals surface area contributed by atoms with Gasteiger partial charge in [-0.15, -0.1) is 0 Å². The van der Waals surface area contributed by atoms with Gasteiger partial charge < -0.3 is 11.1 Å². The number of hydrogen-bond donors (Lipinski definition) is 2. The molecule has 0 aromatic carbocycles. The minimum atomic E-state index is 0.160. The zero-order valence-corrected chi connectivity index (χ0v) is 12.1. The Labute approximate surface area is 111 Å². The van der Waals surface area contributed by atoms with Gasteiger partial charge in [-0.3, -0.25) is 9.69 Å². The topological polar surface area (TPSA) is 58.4 Å². The molecule has 1 heterocycles. The smallest absolute Gasteiger partial charge is 0.234 e. The molecule has 1 rings (SSSR count). The largest absolute Gasteiger partial charge is 0.352 e. The summed E-state index contributed by atoms with van der Waals surface area (Å²) in [5, 5.41) is 3.11. The van der Waals surface area contributed by atoms with Crippen LogP contribution < -0.4 is 11.1 Å². The van der Waals surface area contributed by atoms with E-state index in [1.165, 1.54) is 6.42 Å². The molecular weight excluding hydrogens is 226 g/mol. The monoisotopic (exact) mass is 255 g/mol. The summed E-state index contributed by atoms with van der Waals surface area (Å²) < 4.78 is 0. The Kier molecular flexibility index (Phi) is 6.65. The predicted octanol–water partition coefficient (Wildman–Crippen LogP) is 1.35. The van der Waals surface area contributed by atoms with Crippen molar-refractivity contribution in [1.82, 2.24) is 10.2 Å². The molecule has 4 nitrogen and oxygen atoms in total. The molecule has 0 aliphatic carbocycles. The zero-order chi connectivity index (χ0) is 13.5. The van der Waals surface area contributed by atoms with E-state index in [1.807, 2.05) is 0 Å². The molecule has 1 aliphatic rings. The van der Waals surface area contributed by atoms with Gasteiger partial charge in [0.2, 0.25) is 5.91 Å². The van der Waals surface area contributed by atoms with Crippen LogP contribution in [-0.2, 0) is 4.79 Å². The van der Waals surface area contributed by atoms with Gasteiger partial charge >= 0.3 is 0 Å². The Hall–Kier alpha value is -0.610. The Morgan fingerprint density at radius 3 is 2.61 bits per heavy atom. The molecule has 18 heavy (non-hydrogen) atoms. The third-order valence-electron chi connectivity index (χ3n) is 4.14. The third-order valence-corrected chi connectivity index (χ3v) is 4.14. The number of hydrogen-bond acceptors (Lipinski definition) is 3. The fourth-order valence-corrected chi connectivity index (χ4v) is 2.63. The van der Waals surface area contributed by atoms with Crippen LogP contribution in [0.15, 0.2) is 0 Å². The van der Waals surface area contributed by atoms with Crippen molar-refractivity contribution in [3.05, 3.63) is 0 Å². The van der Waals surface area contributed by atoms with Crippen molar-refractivity contribution in [2.75, 3.05) is 19.6 Å². The maximum Gasteiger partial charge on any atom is 0.234 e. The van der Waals surface area contributed by atoms with Gasteiger partial charge in [0.05, 0.1) is 6.54 Å². The van der Waals surface area contributed by atoms with Gasteiger partial charge in [-0.05, 0) is 45.1 Å². The molecule has 106 valence electrons. The molecule has 1 aliphatic heterocycles. The lowest BCUT2D eigenvalue weighted by atomic mass is 9.93. The number of nitrogens with one attached hydrogen (secondary N) is 1. The van der Waals surface area contributed by atoms with Gasteiger partial charge in [0.25, 0.3) is 0 Å². The molecule has 1 saturated heterocycles. The fraction of sp³-hybridized carbons (Fsp3) is 0.929. The lowest BCUT2D eigenvalue weighted by Gasteiger charge is -2.37. The van der Waals surface area contributed by atoms with Gasteiger partial charge in [0.15, 0.2) is 0 Å². The lowest BCUT2D eigenvalue weighted by molar-refractivity contribution is -0.124. The number of amides is 1. The molecule has 1 amide bonds. The van der Waals surface area contributed by atoms with Gasteiger partial charge in [-0.1, -0.05) is 13.8 Å². The van der Waals surface area contributed by atoms with Crippen LogP contribution in [0.4, 0.5) is 0 Å². The van der Waals surface area contributed by atoms with Crippen molar-refractivity contribution >= 4 is 5.91 Å². The van der Waals surface area contributed by atoms with Crippen LogP contribution in [0.25, 0.3) is 0 Å². The lowest BCUT2D eigenvalue weighted by Crippen LogP contribution is -2.49. The van der Waals surface area contributed by atoms with E-state index < -0.39 is 0 Å². The van der Waals surface area contributed by atoms with Gasteiger partial charge in [0, 0.05) is 18.6 Å². The summed E-state index contributed by atoms with van der Waals surface area (Å²) in [6, 6.07) is 0.822. The van der Waals surface area contributed by atoms with Crippen molar-refractivity contribution < 1.29 is 4.79 Å². The Morgan fingerprint density at radius 2 is 2.06 bits per heavy atom. The van der Waals surface area contributed by atoms with E-state index in [4.69, 9.17) is 5.73 Å². The SMILES string of the molecule is CCC(CC)NC(=O)CN1CC(CN)CCC1C. The van der Waals surface area contributed by atoms with Crippen LogP contribution in [0, 0.1) is 5.92 Å². The van der Waals surface area contributed by atoms with Crippen LogP contribution in [0.3, 0.4) is 0 Å². The maximum absolute atomic E-state index is 12.0. The molecule has 2 unspecified atom stereocenters. The molecular formula is C14H29N3O. The van der Waals surface area contributed by atoms with Crippen LogP contribution in [-0.4, -0.2) is 42.5 Å². The molecule has 0 saturated carbocycles. The van der Waals surface area contributed by atoms with Gasteiger partial charge in [0.1, 0.15) is 0 Å². The number of piperidine rings is 1. The van der Waals surface area contributed by atoms with Crippen LogP contribution in [0.1, 0.15) is 46.5 Å². The van der Waals surface area contributed by atoms with E-state index in [9.17, 15) is 4.79 Å². The first kappa shape index (κ1) is 15.4. The van der Waals surface area contributed by atoms with Crippen molar-refractivity contribution in [2.45, 2.75) is 58.5 Å². The molecule has 0 aromatic heterocycles. The number of rotatable bonds is 6. The first-order valence-electron chi connectivity index (χ1n) is 7.34. The zero-order valence-electron chi connectivity index (χ0n) is 12.1. The van der Waals surface area contributed by atoms with E-state index >= 15 is 0 Å². The molecule has 0 bridgehead atoms. The standard InChI is InChI=1S/C14H29N3O/c1-4-13(5-2)16-14(18)10-17-9-12(8-15)7-6-11(17)3/h11-13H,4-10,15H2,1-3H3,(H,16,18). The number of nitrogens with two attached hydrogens (primary N) is 1. The molecule has 1 fully saturated rings. The maximum atomic E-state index is 12.0. The van der Waals surface area contributed by atoms with Gasteiger partial charge in [-0.2, -0.15) is 0 Å². The molecule has 0 aromatic rings. The summed E-state index contributed by atoms with van der Waals surface area (Å²) in [7, 11) is 0. The first-order chi connectivity index (χ1) is 8.60. The number of likely N-dealkylation sites (tertiary alicyclic amines) is 1. The Balaban J connectivity index is 2.41. The van der Waals surface area contributed by atoms with E-state index in [2.05, 4.69) is 31.0 Å². The summed E-state index contributed by atoms with van der Waals surface area (Å²) in [4.78, 5) is 14.3. The normalized spacial score (nSPS) is 25.4. The van der Waals surface area contributed by atoms with Crippen LogP contribution >= 0.6 is 0 Å². The fourth-order valence-electron chi connectivity index (χ4n) is 2.63. The number of carbonyl (C=O) groups is 1. The van der Waals surface area contributed by atoms with Crippen molar-refractivity contribution in [2.24, 2.45) is 11.7 Å². The van der Waals surface area contributed by atoms with Crippen LogP contribution in [0.5, 0.6) is 0 Å². The third kappa shape index (κ3) is 4.58. The van der Waals surface area contributed by atoms with Crippen molar-refractivity contribution in [3.8, 4) is 0 Å². The molecule has 2 atom stereocenters. The van der Waals surface area contributed by atoms with Crippen molar-refractivity contribution in [1.29, 1.82) is 0 Å². The highest BCUT2D eigenvalue weighted by Crippen LogP contribution is 2.20. The summed E-state index contributed by atoms with van der Waals surface area (Å²) in [5.74, 6) is 0.718. The quantitative estimate of drug-likeness (QED) is 0.753. The predicted molar refractivity (Wildman–Crippen MR) is 75.3 cm³/mol. The molecule has 4 heteroatoms. The highest BCUT2D eigenvalue weighted by Gasteiger charge is 2.26. The molecule has 0 spiro atoms. The van der Waals surface area contributed by atoms with Crippen LogP contribution in [0.2, 0.25) is 0 Å². The van der Waals surface area contributed by atoms with E-state index in [0.29, 0.717) is 24.5 Å². The van der Waals surface area contributed by atoms with E-state index in [-0.39, 0.29) is 5.91 Å². The van der Waals surface area contributed by atoms with E-state index in [1.54, 1.807) is 0 Å². The summed E-state index contributed by atoms with van der Waals surface area (Å²) in [6.07, 6.45) is 4.36. The highest BCUT2D eigenvalue weighted by molar-refractivity contribution is 5.78. The van der Waals surface area contributed by atoms with Crippen molar-refractivity contribution in [3.63, 3.8) is 0 Å². The van der Waals surface area contributed by atoms with Gasteiger partial charge in [-0.25, -0.2) is 0 Å². The second kappa shape index (κ2) is 7.74. The summed E-state index contributed by atoms with van der Waals surface area (Å²) in [5.41, 5.74) is 5.74. The number of carbonyl (C=O) groups excluding carboxylic acids is 1. The highest BCUT2D eigenvalue weighted by atomic mass is 16.2. The molecule has 0 radical (unpaired) electrons. The first-order valence-corrected chi connectivity index (χ1v) is 7.34. The molecule has 3 N–H and O–H groups in total. The Morgan fingerprint density at radius 1 is 1.39 bits per heavy atom. The average Bonchev–Trinajstić information content (AvgIpc) is 2.38. The average molecular weight is 255 g/mol. The Bertz CT molecular complexity index is 253. The minimum Gasteiger partial charge on any atom is -0.352 e.